The molecule has 0 saturated carbocycles. The van der Waals surface area contributed by atoms with E-state index in [1.807, 2.05) is 30.3 Å². The van der Waals surface area contributed by atoms with E-state index in [9.17, 15) is 4.79 Å². The van der Waals surface area contributed by atoms with Crippen LogP contribution < -0.4 is 5.32 Å². The average Bonchev–Trinajstić information content (AvgIpc) is 2.43. The maximum absolute atomic E-state index is 11.8. The predicted molar refractivity (Wildman–Crippen MR) is 87.6 cm³/mol. The summed E-state index contributed by atoms with van der Waals surface area (Å²) < 4.78 is 0.978. The average molecular weight is 373 g/mol. The Labute approximate surface area is 136 Å². The van der Waals surface area contributed by atoms with Gasteiger partial charge < -0.3 is 5.32 Å². The number of nitrogens with one attached hydrogen (secondary N) is 1. The molecular weight excluding hydrogens is 361 g/mol. The summed E-state index contributed by atoms with van der Waals surface area (Å²) in [6.45, 7) is 0. The van der Waals surface area contributed by atoms with Crippen LogP contribution in [0.5, 0.6) is 0 Å². The van der Waals surface area contributed by atoms with Gasteiger partial charge in [-0.1, -0.05) is 45.2 Å². The second-order valence-electron chi connectivity index (χ2n) is 4.30. The van der Waals surface area contributed by atoms with Gasteiger partial charge in [-0.3, -0.25) is 4.79 Å². The van der Waals surface area contributed by atoms with Gasteiger partial charge in [0.15, 0.2) is 0 Å². The highest BCUT2D eigenvalue weighted by molar-refractivity contribution is 9.10. The zero-order valence-electron chi connectivity index (χ0n) is 10.5. The quantitative estimate of drug-likeness (QED) is 0.772. The Bertz CT molecular complexity index is 614. The Morgan fingerprint density at radius 3 is 2.40 bits per heavy atom. The highest BCUT2D eigenvalue weighted by Crippen LogP contribution is 2.23. The van der Waals surface area contributed by atoms with Crippen LogP contribution in [0, 0.1) is 0 Å². The molecule has 0 unspecified atom stereocenters. The van der Waals surface area contributed by atoms with Crippen LogP contribution in [-0.4, -0.2) is 5.91 Å². The second kappa shape index (κ2) is 7.11. The molecule has 0 atom stereocenters. The highest BCUT2D eigenvalue weighted by Gasteiger charge is 2.05. The fraction of sp³-hybridized carbons (Fsp3) is 0.133. The summed E-state index contributed by atoms with van der Waals surface area (Å²) in [6.07, 6.45) is 1.02. The van der Waals surface area contributed by atoms with Crippen LogP contribution in [0.3, 0.4) is 0 Å². The number of carbonyl (C=O) groups is 1. The molecule has 0 spiro atoms. The first-order valence-corrected chi connectivity index (χ1v) is 7.59. The summed E-state index contributed by atoms with van der Waals surface area (Å²) in [7, 11) is 0. The number of benzene rings is 2. The summed E-state index contributed by atoms with van der Waals surface area (Å²) in [5.74, 6) is -0.0293. The van der Waals surface area contributed by atoms with E-state index in [2.05, 4.69) is 21.2 Å². The summed E-state index contributed by atoms with van der Waals surface area (Å²) >= 11 is 15.1. The van der Waals surface area contributed by atoms with Crippen molar-refractivity contribution < 1.29 is 4.79 Å². The maximum Gasteiger partial charge on any atom is 0.224 e. The first kappa shape index (κ1) is 15.4. The lowest BCUT2D eigenvalue weighted by molar-refractivity contribution is -0.116. The third-order valence-corrected chi connectivity index (χ3v) is 4.02. The number of carbonyl (C=O) groups excluding carboxylic acids is 1. The zero-order valence-corrected chi connectivity index (χ0v) is 13.6. The third-order valence-electron chi connectivity index (χ3n) is 2.75. The molecular formula is C15H12BrCl2NO. The van der Waals surface area contributed by atoms with Gasteiger partial charge in [-0.25, -0.2) is 0 Å². The summed E-state index contributed by atoms with van der Waals surface area (Å²) in [6, 6.07) is 12.9. The van der Waals surface area contributed by atoms with Gasteiger partial charge in [-0.2, -0.15) is 0 Å². The summed E-state index contributed by atoms with van der Waals surface area (Å²) in [5, 5.41) is 3.88. The molecule has 0 fully saturated rings. The topological polar surface area (TPSA) is 29.1 Å². The number of aryl methyl sites for hydroxylation is 1. The Balaban J connectivity index is 1.88. The van der Waals surface area contributed by atoms with Crippen LogP contribution in [-0.2, 0) is 11.2 Å². The van der Waals surface area contributed by atoms with Crippen LogP contribution in [0.4, 0.5) is 5.69 Å². The van der Waals surface area contributed by atoms with E-state index in [1.54, 1.807) is 12.1 Å². The SMILES string of the molecule is O=C(CCc1ccc(Cl)c(Cl)c1)Nc1ccc(Br)cc1. The van der Waals surface area contributed by atoms with Crippen LogP contribution in [0.25, 0.3) is 0 Å². The Morgan fingerprint density at radius 1 is 1.05 bits per heavy atom. The van der Waals surface area contributed by atoms with Crippen molar-refractivity contribution in [3.63, 3.8) is 0 Å². The first-order chi connectivity index (χ1) is 9.54. The third kappa shape index (κ3) is 4.51. The molecule has 1 amide bonds. The number of halogens is 3. The zero-order chi connectivity index (χ0) is 14.5. The van der Waals surface area contributed by atoms with Gasteiger partial charge in [-0.15, -0.1) is 0 Å². The van der Waals surface area contributed by atoms with Crippen molar-refractivity contribution in [1.29, 1.82) is 0 Å². The van der Waals surface area contributed by atoms with Crippen LogP contribution in [0.15, 0.2) is 46.9 Å². The molecule has 0 aromatic heterocycles. The maximum atomic E-state index is 11.8. The number of anilines is 1. The molecule has 2 rings (SSSR count). The smallest absolute Gasteiger partial charge is 0.224 e. The van der Waals surface area contributed by atoms with E-state index in [0.29, 0.717) is 22.9 Å². The molecule has 20 heavy (non-hydrogen) atoms. The largest absolute Gasteiger partial charge is 0.326 e. The monoisotopic (exact) mass is 371 g/mol. The van der Waals surface area contributed by atoms with Crippen molar-refractivity contribution in [1.82, 2.24) is 0 Å². The minimum Gasteiger partial charge on any atom is -0.326 e. The van der Waals surface area contributed by atoms with E-state index in [0.717, 1.165) is 15.7 Å². The molecule has 0 aliphatic rings. The van der Waals surface area contributed by atoms with Gasteiger partial charge in [0.05, 0.1) is 10.0 Å². The lowest BCUT2D eigenvalue weighted by Crippen LogP contribution is -2.12. The van der Waals surface area contributed by atoms with Gasteiger partial charge >= 0.3 is 0 Å². The van der Waals surface area contributed by atoms with Crippen molar-refractivity contribution in [2.24, 2.45) is 0 Å². The molecule has 2 aromatic carbocycles. The molecule has 5 heteroatoms. The number of hydrogen-bond acceptors (Lipinski definition) is 1. The number of amides is 1. The predicted octanol–water partition coefficient (Wildman–Crippen LogP) is 5.33. The van der Waals surface area contributed by atoms with E-state index in [-0.39, 0.29) is 5.91 Å². The Hall–Kier alpha value is -1.03. The first-order valence-electron chi connectivity index (χ1n) is 6.04. The highest BCUT2D eigenvalue weighted by atomic mass is 79.9. The van der Waals surface area contributed by atoms with Gasteiger partial charge in [0, 0.05) is 16.6 Å². The van der Waals surface area contributed by atoms with Crippen LogP contribution in [0.2, 0.25) is 10.0 Å². The van der Waals surface area contributed by atoms with Crippen molar-refractivity contribution >= 4 is 50.7 Å². The number of rotatable bonds is 4. The summed E-state index contributed by atoms with van der Waals surface area (Å²) in [5.41, 5.74) is 1.78. The summed E-state index contributed by atoms with van der Waals surface area (Å²) in [4.78, 5) is 11.8. The molecule has 0 heterocycles. The normalized spacial score (nSPS) is 10.3. The van der Waals surface area contributed by atoms with E-state index in [1.165, 1.54) is 0 Å². The van der Waals surface area contributed by atoms with Crippen molar-refractivity contribution in [2.75, 3.05) is 5.32 Å². The molecule has 2 aromatic rings. The van der Waals surface area contributed by atoms with Crippen LogP contribution in [0.1, 0.15) is 12.0 Å². The fourth-order valence-corrected chi connectivity index (χ4v) is 2.29. The van der Waals surface area contributed by atoms with Gasteiger partial charge in [0.1, 0.15) is 0 Å². The molecule has 2 nitrogen and oxygen atoms in total. The molecule has 0 aliphatic heterocycles. The lowest BCUT2D eigenvalue weighted by atomic mass is 10.1. The standard InChI is InChI=1S/C15H12BrCl2NO/c16-11-3-5-12(6-4-11)19-15(20)8-2-10-1-7-13(17)14(18)9-10/h1,3-7,9H,2,8H2,(H,19,20). The van der Waals surface area contributed by atoms with Gasteiger partial charge in [0.25, 0.3) is 0 Å². The minimum atomic E-state index is -0.0293. The lowest BCUT2D eigenvalue weighted by Gasteiger charge is -2.06. The van der Waals surface area contributed by atoms with Crippen molar-refractivity contribution in [3.8, 4) is 0 Å². The van der Waals surface area contributed by atoms with Crippen molar-refractivity contribution in [3.05, 3.63) is 62.5 Å². The van der Waals surface area contributed by atoms with E-state index >= 15 is 0 Å². The van der Waals surface area contributed by atoms with Gasteiger partial charge in [0.2, 0.25) is 5.91 Å². The van der Waals surface area contributed by atoms with Crippen LogP contribution >= 0.6 is 39.1 Å². The van der Waals surface area contributed by atoms with E-state index < -0.39 is 0 Å². The van der Waals surface area contributed by atoms with Gasteiger partial charge in [-0.05, 0) is 48.4 Å². The molecule has 1 N–H and O–H groups in total. The molecule has 0 saturated heterocycles. The molecule has 0 radical (unpaired) electrons. The van der Waals surface area contributed by atoms with Crippen molar-refractivity contribution in [2.45, 2.75) is 12.8 Å². The number of hydrogen-bond donors (Lipinski definition) is 1. The fourth-order valence-electron chi connectivity index (χ4n) is 1.71. The second-order valence-corrected chi connectivity index (χ2v) is 6.03. The van der Waals surface area contributed by atoms with E-state index in [4.69, 9.17) is 23.2 Å². The molecule has 0 bridgehead atoms. The molecule has 0 aliphatic carbocycles. The Kier molecular flexibility index (Phi) is 5.46. The molecule has 104 valence electrons. The minimum absolute atomic E-state index is 0.0293. The Morgan fingerprint density at radius 2 is 1.75 bits per heavy atom.